The van der Waals surface area contributed by atoms with E-state index in [-0.39, 0.29) is 16.9 Å². The molecule has 1 aromatic heterocycles. The van der Waals surface area contributed by atoms with Crippen LogP contribution in [0, 0.1) is 0 Å². The molecule has 7 nitrogen and oxygen atoms in total. The summed E-state index contributed by atoms with van der Waals surface area (Å²) < 4.78 is 37.8. The van der Waals surface area contributed by atoms with E-state index < -0.39 is 15.1 Å². The number of thiazole rings is 1. The number of sulfone groups is 1. The zero-order valence-electron chi connectivity index (χ0n) is 19.0. The first kappa shape index (κ1) is 23.7. The number of hydrogen-bond acceptors (Lipinski definition) is 7. The van der Waals surface area contributed by atoms with Crippen molar-refractivity contribution in [1.29, 1.82) is 0 Å². The molecule has 1 aliphatic rings. The smallest absolute Gasteiger partial charge is 0.260 e. The summed E-state index contributed by atoms with van der Waals surface area (Å²) in [5, 5.41) is -0.0399. The number of hydrogen-bond donors (Lipinski definition) is 0. The number of nitrogens with zero attached hydrogens (tertiary/aromatic N) is 2. The van der Waals surface area contributed by atoms with Gasteiger partial charge in [0.05, 0.1) is 34.1 Å². The quantitative estimate of drug-likeness (QED) is 0.457. The highest BCUT2D eigenvalue weighted by Crippen LogP contribution is 2.35. The van der Waals surface area contributed by atoms with Crippen molar-refractivity contribution in [2.24, 2.45) is 0 Å². The van der Waals surface area contributed by atoms with Gasteiger partial charge in [-0.15, -0.1) is 0 Å². The fourth-order valence-corrected chi connectivity index (χ4v) is 5.87. The van der Waals surface area contributed by atoms with Gasteiger partial charge in [0.2, 0.25) is 0 Å². The van der Waals surface area contributed by atoms with Crippen molar-refractivity contribution in [3.05, 3.63) is 48.0 Å². The van der Waals surface area contributed by atoms with Gasteiger partial charge in [0.25, 0.3) is 5.91 Å². The van der Waals surface area contributed by atoms with Gasteiger partial charge >= 0.3 is 0 Å². The largest absolute Gasteiger partial charge is 0.492 e. The maximum atomic E-state index is 13.7. The van der Waals surface area contributed by atoms with Crippen LogP contribution in [0.4, 0.5) is 5.13 Å². The molecule has 3 aromatic rings. The van der Waals surface area contributed by atoms with Crippen LogP contribution in [0.25, 0.3) is 10.2 Å². The van der Waals surface area contributed by atoms with E-state index in [2.05, 4.69) is 0 Å². The molecule has 2 aromatic carbocycles. The zero-order chi connectivity index (χ0) is 23.6. The molecule has 9 heteroatoms. The van der Waals surface area contributed by atoms with Crippen molar-refractivity contribution < 1.29 is 22.7 Å². The van der Waals surface area contributed by atoms with Crippen LogP contribution in [0.1, 0.15) is 44.0 Å². The maximum absolute atomic E-state index is 13.7. The average molecular weight is 489 g/mol. The molecule has 2 heterocycles. The summed E-state index contributed by atoms with van der Waals surface area (Å²) in [7, 11) is -3.50. The average Bonchev–Trinajstić information content (AvgIpc) is 3.47. The van der Waals surface area contributed by atoms with Crippen LogP contribution in [0.2, 0.25) is 0 Å². The first-order valence-electron chi connectivity index (χ1n) is 11.1. The van der Waals surface area contributed by atoms with Gasteiger partial charge in [-0.1, -0.05) is 23.5 Å². The fraction of sp³-hybridized carbons (Fsp3) is 0.417. The van der Waals surface area contributed by atoms with Crippen molar-refractivity contribution in [2.45, 2.75) is 49.9 Å². The van der Waals surface area contributed by atoms with E-state index in [1.165, 1.54) is 23.5 Å². The van der Waals surface area contributed by atoms with Crippen LogP contribution in [-0.4, -0.2) is 50.4 Å². The highest BCUT2D eigenvalue weighted by Gasteiger charge is 2.29. The summed E-state index contributed by atoms with van der Waals surface area (Å²) >= 11 is 1.41. The molecule has 1 atom stereocenters. The maximum Gasteiger partial charge on any atom is 0.260 e. The zero-order valence-corrected chi connectivity index (χ0v) is 20.6. The van der Waals surface area contributed by atoms with Gasteiger partial charge in [-0.05, 0) is 63.9 Å². The molecule has 1 unspecified atom stereocenters. The predicted octanol–water partition coefficient (Wildman–Crippen LogP) is 4.70. The lowest BCUT2D eigenvalue weighted by molar-refractivity contribution is 0.0917. The topological polar surface area (TPSA) is 85.8 Å². The first-order chi connectivity index (χ1) is 15.8. The molecule has 1 saturated heterocycles. The van der Waals surface area contributed by atoms with Crippen molar-refractivity contribution in [1.82, 2.24) is 4.98 Å². The molecule has 0 N–H and O–H groups in total. The Kier molecular flexibility index (Phi) is 7.02. The number of rotatable bonds is 8. The molecule has 1 aliphatic heterocycles. The molecule has 0 radical (unpaired) electrons. The summed E-state index contributed by atoms with van der Waals surface area (Å²) in [6.07, 6.45) is 1.72. The Hall–Kier alpha value is -2.49. The van der Waals surface area contributed by atoms with Crippen molar-refractivity contribution in [3.8, 4) is 5.75 Å². The van der Waals surface area contributed by atoms with Gasteiger partial charge in [0.15, 0.2) is 15.0 Å². The first-order valence-corrected chi connectivity index (χ1v) is 13.5. The predicted molar refractivity (Wildman–Crippen MR) is 130 cm³/mol. The monoisotopic (exact) mass is 488 g/mol. The van der Waals surface area contributed by atoms with Gasteiger partial charge < -0.3 is 9.47 Å². The number of anilines is 1. The van der Waals surface area contributed by atoms with E-state index in [1.54, 1.807) is 30.9 Å². The Morgan fingerprint density at radius 2 is 2.06 bits per heavy atom. The Bertz CT molecular complexity index is 1250. The molecule has 1 amide bonds. The van der Waals surface area contributed by atoms with Crippen LogP contribution in [0.3, 0.4) is 0 Å². The van der Waals surface area contributed by atoms with Crippen LogP contribution in [0.15, 0.2) is 47.4 Å². The summed E-state index contributed by atoms with van der Waals surface area (Å²) in [4.78, 5) is 20.2. The van der Waals surface area contributed by atoms with Crippen LogP contribution < -0.4 is 9.64 Å². The normalized spacial score (nSPS) is 16.4. The van der Waals surface area contributed by atoms with Crippen LogP contribution in [0.5, 0.6) is 5.75 Å². The van der Waals surface area contributed by atoms with Crippen LogP contribution in [-0.2, 0) is 14.6 Å². The second kappa shape index (κ2) is 9.79. The second-order valence-corrected chi connectivity index (χ2v) is 11.7. The highest BCUT2D eigenvalue weighted by molar-refractivity contribution is 7.92. The van der Waals surface area contributed by atoms with E-state index in [0.717, 1.165) is 17.5 Å². The minimum Gasteiger partial charge on any atom is -0.492 e. The van der Waals surface area contributed by atoms with E-state index in [9.17, 15) is 13.2 Å². The number of amides is 1. The minimum atomic E-state index is -3.50. The second-order valence-electron chi connectivity index (χ2n) is 8.20. The summed E-state index contributed by atoms with van der Waals surface area (Å²) in [6, 6.07) is 12.0. The third-order valence-corrected chi connectivity index (χ3v) is 8.78. The number of fused-ring (bicyclic) bond motifs is 1. The Morgan fingerprint density at radius 3 is 2.76 bits per heavy atom. The fourth-order valence-electron chi connectivity index (χ4n) is 3.77. The van der Waals surface area contributed by atoms with E-state index in [1.807, 2.05) is 25.1 Å². The number of carbonyl (C=O) groups is 1. The van der Waals surface area contributed by atoms with Gasteiger partial charge in [0, 0.05) is 12.2 Å². The summed E-state index contributed by atoms with van der Waals surface area (Å²) in [5.74, 6) is 0.371. The lowest BCUT2D eigenvalue weighted by atomic mass is 10.2. The number of aromatic nitrogens is 1. The molecule has 33 heavy (non-hydrogen) atoms. The van der Waals surface area contributed by atoms with Crippen LogP contribution >= 0.6 is 11.3 Å². The van der Waals surface area contributed by atoms with Crippen molar-refractivity contribution in [2.75, 3.05) is 24.7 Å². The van der Waals surface area contributed by atoms with Gasteiger partial charge in [0.1, 0.15) is 11.3 Å². The third-order valence-electron chi connectivity index (χ3n) is 5.59. The summed E-state index contributed by atoms with van der Waals surface area (Å²) in [5.41, 5.74) is 1.01. The van der Waals surface area contributed by atoms with Gasteiger partial charge in [-0.25, -0.2) is 13.4 Å². The molecular weight excluding hydrogens is 460 g/mol. The molecule has 0 bridgehead atoms. The lowest BCUT2D eigenvalue weighted by Gasteiger charge is -2.23. The van der Waals surface area contributed by atoms with E-state index >= 15 is 0 Å². The Balaban J connectivity index is 1.75. The third kappa shape index (κ3) is 4.90. The van der Waals surface area contributed by atoms with Gasteiger partial charge in [-0.2, -0.15) is 0 Å². The SMILES string of the molecule is CCOc1cccc2sc(N(CC3CCCO3)C(=O)c3cccc(S(=O)(=O)C(C)C)c3)nc12. The molecular formula is C24H28N2O5S2. The number of carbonyl (C=O) groups excluding carboxylic acids is 1. The molecule has 4 rings (SSSR count). The number of benzene rings is 2. The molecule has 0 spiro atoms. The number of ether oxygens (including phenoxy) is 2. The highest BCUT2D eigenvalue weighted by atomic mass is 32.2. The summed E-state index contributed by atoms with van der Waals surface area (Å²) in [6.45, 7) is 6.71. The lowest BCUT2D eigenvalue weighted by Crippen LogP contribution is -2.37. The minimum absolute atomic E-state index is 0.0881. The molecule has 176 valence electrons. The van der Waals surface area contributed by atoms with E-state index in [0.29, 0.717) is 41.7 Å². The Labute approximate surface area is 198 Å². The van der Waals surface area contributed by atoms with E-state index in [4.69, 9.17) is 14.5 Å². The van der Waals surface area contributed by atoms with Crippen molar-refractivity contribution >= 4 is 42.4 Å². The molecule has 0 saturated carbocycles. The Morgan fingerprint density at radius 1 is 1.27 bits per heavy atom. The molecule has 1 fully saturated rings. The molecule has 0 aliphatic carbocycles. The number of para-hydroxylation sites is 1. The van der Waals surface area contributed by atoms with Gasteiger partial charge in [-0.3, -0.25) is 9.69 Å². The van der Waals surface area contributed by atoms with Crippen molar-refractivity contribution in [3.63, 3.8) is 0 Å². The standard InChI is InChI=1S/C24H28N2O5S2/c1-4-30-20-11-6-12-21-22(20)25-24(32-21)26(15-18-9-7-13-31-18)23(27)17-8-5-10-19(14-17)33(28,29)16(2)3/h5-6,8,10-12,14,16,18H,4,7,9,13,15H2,1-3H3.